The molecule has 5 rings (SSSR count). The van der Waals surface area contributed by atoms with Crippen LogP contribution >= 0.6 is 0 Å². The largest absolute Gasteiger partial charge is 0.460 e. The van der Waals surface area contributed by atoms with E-state index in [2.05, 4.69) is 25.2 Å². The molecule has 0 atom stereocenters. The molecule has 9 nitrogen and oxygen atoms in total. The number of carbonyl (C=O) groups excluding carboxylic acids is 1. The maximum atomic E-state index is 12.2. The maximum absolute atomic E-state index is 12.2. The van der Waals surface area contributed by atoms with Gasteiger partial charge < -0.3 is 13.8 Å². The predicted molar refractivity (Wildman–Crippen MR) is 128 cm³/mol. The molecule has 0 spiro atoms. The number of aromatic nitrogens is 4. The van der Waals surface area contributed by atoms with E-state index in [1.807, 2.05) is 70.2 Å². The van der Waals surface area contributed by atoms with Crippen LogP contribution in [-0.4, -0.2) is 49.8 Å². The van der Waals surface area contributed by atoms with Crippen molar-refractivity contribution < 1.29 is 18.6 Å². The summed E-state index contributed by atoms with van der Waals surface area (Å²) in [6.45, 7) is 9.75. The van der Waals surface area contributed by atoms with E-state index in [9.17, 15) is 4.79 Å². The van der Waals surface area contributed by atoms with Crippen LogP contribution in [0.15, 0.2) is 57.7 Å². The Kier molecular flexibility index (Phi) is 5.94. The summed E-state index contributed by atoms with van der Waals surface area (Å²) in [5, 5.41) is 8.24. The van der Waals surface area contributed by atoms with Crippen LogP contribution in [0.5, 0.6) is 0 Å². The molecule has 0 radical (unpaired) electrons. The molecule has 1 aliphatic heterocycles. The lowest BCUT2D eigenvalue weighted by atomic mass is 9.98. The van der Waals surface area contributed by atoms with Crippen molar-refractivity contribution in [3.8, 4) is 34.4 Å². The van der Waals surface area contributed by atoms with Crippen molar-refractivity contribution in [2.75, 3.05) is 13.1 Å². The second-order valence-electron chi connectivity index (χ2n) is 9.74. The van der Waals surface area contributed by atoms with Gasteiger partial charge in [-0.3, -0.25) is 14.7 Å². The molecule has 9 heteroatoms. The van der Waals surface area contributed by atoms with Crippen molar-refractivity contribution in [3.63, 3.8) is 0 Å². The molecule has 0 aliphatic carbocycles. The van der Waals surface area contributed by atoms with Crippen molar-refractivity contribution in [1.82, 2.24) is 25.2 Å². The lowest BCUT2D eigenvalue weighted by Crippen LogP contribution is -2.51. The highest BCUT2D eigenvalue weighted by molar-refractivity contribution is 5.74. The molecule has 0 unspecified atom stereocenters. The van der Waals surface area contributed by atoms with Gasteiger partial charge in [0.05, 0.1) is 11.6 Å². The SMILES string of the molecule is Cc1c(-c2ccccn2)noc1-c1nc(-c2ccc(CN3CC(C(=O)OC(C)(C)C)C3)cc2)no1. The predicted octanol–water partition coefficient (Wildman–Crippen LogP) is 4.54. The zero-order valence-corrected chi connectivity index (χ0v) is 20.2. The Hall–Kier alpha value is -3.85. The summed E-state index contributed by atoms with van der Waals surface area (Å²) in [4.78, 5) is 23.2. The van der Waals surface area contributed by atoms with Crippen molar-refractivity contribution in [2.45, 2.75) is 39.8 Å². The van der Waals surface area contributed by atoms with Crippen LogP contribution < -0.4 is 0 Å². The van der Waals surface area contributed by atoms with E-state index < -0.39 is 5.60 Å². The van der Waals surface area contributed by atoms with E-state index in [4.69, 9.17) is 13.8 Å². The average molecular weight is 474 g/mol. The lowest BCUT2D eigenvalue weighted by molar-refractivity contribution is -0.166. The molecule has 35 heavy (non-hydrogen) atoms. The third-order valence-electron chi connectivity index (χ3n) is 5.77. The first-order valence-electron chi connectivity index (χ1n) is 11.5. The summed E-state index contributed by atoms with van der Waals surface area (Å²) in [5.41, 5.74) is 3.68. The Morgan fingerprint density at radius 1 is 1.09 bits per heavy atom. The van der Waals surface area contributed by atoms with E-state index in [1.54, 1.807) is 6.20 Å². The van der Waals surface area contributed by atoms with Crippen LogP contribution in [0.3, 0.4) is 0 Å². The van der Waals surface area contributed by atoms with E-state index in [1.165, 1.54) is 0 Å². The van der Waals surface area contributed by atoms with Crippen LogP contribution in [0.25, 0.3) is 34.4 Å². The lowest BCUT2D eigenvalue weighted by Gasteiger charge is -2.38. The van der Waals surface area contributed by atoms with Gasteiger partial charge in [-0.1, -0.05) is 40.6 Å². The first-order chi connectivity index (χ1) is 16.8. The quantitative estimate of drug-likeness (QED) is 0.373. The molecule has 180 valence electrons. The standard InChI is InChI=1S/C26H27N5O4/c1-16-21(20-7-5-6-12-27-20)29-34-22(16)24-28-23(30-35-24)18-10-8-17(9-11-18)13-31-14-19(15-31)25(32)33-26(2,3)4/h5-12,19H,13-15H2,1-4H3. The highest BCUT2D eigenvalue weighted by atomic mass is 16.6. The number of ether oxygens (including phenoxy) is 1. The van der Waals surface area contributed by atoms with E-state index in [0.717, 1.165) is 28.9 Å². The van der Waals surface area contributed by atoms with Crippen molar-refractivity contribution in [1.29, 1.82) is 0 Å². The molecule has 1 aliphatic rings. The third kappa shape index (κ3) is 5.00. The number of pyridine rings is 1. The molecule has 1 fully saturated rings. The van der Waals surface area contributed by atoms with Crippen molar-refractivity contribution in [2.24, 2.45) is 5.92 Å². The zero-order valence-electron chi connectivity index (χ0n) is 20.2. The van der Waals surface area contributed by atoms with Gasteiger partial charge in [-0.2, -0.15) is 4.98 Å². The Morgan fingerprint density at radius 3 is 2.54 bits per heavy atom. The van der Waals surface area contributed by atoms with E-state index in [-0.39, 0.29) is 17.8 Å². The average Bonchev–Trinajstić information content (AvgIpc) is 3.42. The zero-order chi connectivity index (χ0) is 24.6. The maximum Gasteiger partial charge on any atom is 0.312 e. The van der Waals surface area contributed by atoms with Gasteiger partial charge in [0.25, 0.3) is 5.89 Å². The Balaban J connectivity index is 1.21. The molecule has 0 N–H and O–H groups in total. The second kappa shape index (κ2) is 9.07. The Labute approximate surface area is 203 Å². The molecular weight excluding hydrogens is 446 g/mol. The summed E-state index contributed by atoms with van der Waals surface area (Å²) >= 11 is 0. The molecule has 4 heterocycles. The Bertz CT molecular complexity index is 1320. The van der Waals surface area contributed by atoms with Gasteiger partial charge >= 0.3 is 5.97 Å². The summed E-state index contributed by atoms with van der Waals surface area (Å²) < 4.78 is 16.4. The van der Waals surface area contributed by atoms with Crippen molar-refractivity contribution in [3.05, 3.63) is 59.8 Å². The van der Waals surface area contributed by atoms with Gasteiger partial charge in [0.1, 0.15) is 11.3 Å². The Morgan fingerprint density at radius 2 is 1.86 bits per heavy atom. The molecule has 1 aromatic carbocycles. The van der Waals surface area contributed by atoms with Crippen LogP contribution in [0, 0.1) is 12.8 Å². The normalized spacial score (nSPS) is 14.6. The van der Waals surface area contributed by atoms with Gasteiger partial charge in [0.15, 0.2) is 0 Å². The third-order valence-corrected chi connectivity index (χ3v) is 5.77. The van der Waals surface area contributed by atoms with Gasteiger partial charge in [-0.25, -0.2) is 0 Å². The minimum absolute atomic E-state index is 0.0519. The smallest absolute Gasteiger partial charge is 0.312 e. The van der Waals surface area contributed by atoms with Gasteiger partial charge in [-0.05, 0) is 45.4 Å². The summed E-state index contributed by atoms with van der Waals surface area (Å²) in [7, 11) is 0. The van der Waals surface area contributed by atoms with E-state index >= 15 is 0 Å². The van der Waals surface area contributed by atoms with Crippen molar-refractivity contribution >= 4 is 5.97 Å². The van der Waals surface area contributed by atoms with Crippen LogP contribution in [0.1, 0.15) is 31.9 Å². The highest BCUT2D eigenvalue weighted by Crippen LogP contribution is 2.31. The fourth-order valence-corrected chi connectivity index (χ4v) is 3.96. The molecular formula is C26H27N5O4. The molecule has 0 saturated carbocycles. The molecule has 0 bridgehead atoms. The minimum Gasteiger partial charge on any atom is -0.460 e. The highest BCUT2D eigenvalue weighted by Gasteiger charge is 2.35. The molecule has 3 aromatic heterocycles. The number of esters is 1. The molecule has 4 aromatic rings. The van der Waals surface area contributed by atoms with Crippen LogP contribution in [-0.2, 0) is 16.1 Å². The number of benzene rings is 1. The van der Waals surface area contributed by atoms with E-state index in [0.29, 0.717) is 30.4 Å². The fourth-order valence-electron chi connectivity index (χ4n) is 3.96. The number of rotatable bonds is 6. The monoisotopic (exact) mass is 473 g/mol. The minimum atomic E-state index is -0.449. The topological polar surface area (TPSA) is 107 Å². The number of nitrogens with zero attached hydrogens (tertiary/aromatic N) is 5. The number of carbonyl (C=O) groups is 1. The van der Waals surface area contributed by atoms with Crippen LogP contribution in [0.2, 0.25) is 0 Å². The fraction of sp³-hybridized carbons (Fsp3) is 0.346. The number of likely N-dealkylation sites (tertiary alicyclic amines) is 1. The first-order valence-corrected chi connectivity index (χ1v) is 11.5. The molecule has 0 amide bonds. The van der Waals surface area contributed by atoms with Gasteiger partial charge in [0.2, 0.25) is 11.6 Å². The number of hydrogen-bond acceptors (Lipinski definition) is 9. The van der Waals surface area contributed by atoms with Gasteiger partial charge in [-0.15, -0.1) is 0 Å². The summed E-state index contributed by atoms with van der Waals surface area (Å²) in [5.74, 6) is 0.995. The van der Waals surface area contributed by atoms with Gasteiger partial charge in [0, 0.05) is 37.0 Å². The second-order valence-corrected chi connectivity index (χ2v) is 9.74. The molecule has 1 saturated heterocycles. The number of hydrogen-bond donors (Lipinski definition) is 0. The van der Waals surface area contributed by atoms with Crippen LogP contribution in [0.4, 0.5) is 0 Å². The summed E-state index contributed by atoms with van der Waals surface area (Å²) in [6, 6.07) is 13.6. The first kappa shape index (κ1) is 22.9. The summed E-state index contributed by atoms with van der Waals surface area (Å²) in [6.07, 6.45) is 1.71.